The standard InChI is InChI=1S/C25H40N2O5/c1-18(2)31-13-21-6-5-20(11-19(21)3)24(28)26-9-7-25(8-10-26)17-27(22-14-30-15-22)12-23(32-25)16-29-4/h5-6,18,20,22-23H,7-17H2,1-4H3. The number of piperidine rings is 1. The maximum atomic E-state index is 13.3. The van der Waals surface area contributed by atoms with Crippen LogP contribution in [0.2, 0.25) is 0 Å². The van der Waals surface area contributed by atoms with Gasteiger partial charge in [0.25, 0.3) is 0 Å². The molecule has 0 saturated carbocycles. The molecule has 3 saturated heterocycles. The molecule has 0 N–H and O–H groups in total. The van der Waals surface area contributed by atoms with Gasteiger partial charge in [-0.15, -0.1) is 0 Å². The highest BCUT2D eigenvalue weighted by Crippen LogP contribution is 2.35. The summed E-state index contributed by atoms with van der Waals surface area (Å²) < 4.78 is 23.2. The molecule has 7 heteroatoms. The Morgan fingerprint density at radius 2 is 2.03 bits per heavy atom. The number of nitrogens with zero attached hydrogens (tertiary/aromatic N) is 2. The highest BCUT2D eigenvalue weighted by molar-refractivity contribution is 5.81. The Balaban J connectivity index is 1.33. The number of amides is 1. The number of ether oxygens (including phenoxy) is 4. The average Bonchev–Trinajstić information content (AvgIpc) is 2.71. The molecule has 3 fully saturated rings. The van der Waals surface area contributed by atoms with Crippen molar-refractivity contribution in [2.45, 2.75) is 63.9 Å². The van der Waals surface area contributed by atoms with Gasteiger partial charge in [0.05, 0.1) is 56.2 Å². The number of carbonyl (C=O) groups is 1. The lowest BCUT2D eigenvalue weighted by Crippen LogP contribution is -2.65. The predicted molar refractivity (Wildman–Crippen MR) is 123 cm³/mol. The fraction of sp³-hybridized carbons (Fsp3) is 0.800. The molecule has 0 aromatic heterocycles. The minimum absolute atomic E-state index is 0.0658. The zero-order valence-electron chi connectivity index (χ0n) is 20.2. The van der Waals surface area contributed by atoms with Crippen molar-refractivity contribution in [1.82, 2.24) is 9.80 Å². The molecular formula is C25H40N2O5. The zero-order valence-corrected chi connectivity index (χ0v) is 20.2. The van der Waals surface area contributed by atoms with Gasteiger partial charge >= 0.3 is 0 Å². The molecule has 0 radical (unpaired) electrons. The Morgan fingerprint density at radius 3 is 2.62 bits per heavy atom. The van der Waals surface area contributed by atoms with E-state index >= 15 is 0 Å². The summed E-state index contributed by atoms with van der Waals surface area (Å²) in [6.07, 6.45) is 6.99. The first kappa shape index (κ1) is 23.9. The van der Waals surface area contributed by atoms with Gasteiger partial charge in [-0.3, -0.25) is 9.69 Å². The quantitative estimate of drug-likeness (QED) is 0.596. The van der Waals surface area contributed by atoms with Crippen molar-refractivity contribution in [1.29, 1.82) is 0 Å². The topological polar surface area (TPSA) is 60.5 Å². The van der Waals surface area contributed by atoms with Crippen LogP contribution in [0.3, 0.4) is 0 Å². The van der Waals surface area contributed by atoms with E-state index in [9.17, 15) is 4.79 Å². The van der Waals surface area contributed by atoms with Gasteiger partial charge in [0.15, 0.2) is 0 Å². The molecule has 4 rings (SSSR count). The number of hydrogen-bond acceptors (Lipinski definition) is 6. The lowest BCUT2D eigenvalue weighted by molar-refractivity contribution is -0.211. The van der Waals surface area contributed by atoms with E-state index < -0.39 is 0 Å². The van der Waals surface area contributed by atoms with E-state index in [1.807, 2.05) is 18.7 Å². The number of allylic oxidation sites excluding steroid dienone is 1. The molecule has 32 heavy (non-hydrogen) atoms. The van der Waals surface area contributed by atoms with Gasteiger partial charge in [0.2, 0.25) is 5.91 Å². The molecule has 0 bridgehead atoms. The molecule has 0 aromatic carbocycles. The van der Waals surface area contributed by atoms with E-state index in [0.717, 1.165) is 58.7 Å². The molecule has 1 spiro atoms. The van der Waals surface area contributed by atoms with Crippen LogP contribution < -0.4 is 0 Å². The molecule has 7 nitrogen and oxygen atoms in total. The number of morpholine rings is 1. The van der Waals surface area contributed by atoms with Gasteiger partial charge in [0.1, 0.15) is 0 Å². The van der Waals surface area contributed by atoms with Crippen LogP contribution in [0.1, 0.15) is 40.0 Å². The van der Waals surface area contributed by atoms with Crippen molar-refractivity contribution in [2.24, 2.45) is 5.92 Å². The second-order valence-electron chi connectivity index (χ2n) is 10.2. The summed E-state index contributed by atoms with van der Waals surface area (Å²) in [6, 6.07) is 0.491. The van der Waals surface area contributed by atoms with Crippen LogP contribution in [0, 0.1) is 5.92 Å². The van der Waals surface area contributed by atoms with Crippen molar-refractivity contribution in [3.05, 3.63) is 23.3 Å². The first-order valence-corrected chi connectivity index (χ1v) is 12.1. The zero-order chi connectivity index (χ0) is 22.7. The summed E-state index contributed by atoms with van der Waals surface area (Å²) in [4.78, 5) is 17.8. The average molecular weight is 449 g/mol. The van der Waals surface area contributed by atoms with Crippen LogP contribution in [0.25, 0.3) is 0 Å². The van der Waals surface area contributed by atoms with Gasteiger partial charge < -0.3 is 23.8 Å². The van der Waals surface area contributed by atoms with E-state index in [-0.39, 0.29) is 29.6 Å². The van der Waals surface area contributed by atoms with Crippen molar-refractivity contribution >= 4 is 5.91 Å². The fourth-order valence-electron chi connectivity index (χ4n) is 5.26. The van der Waals surface area contributed by atoms with E-state index in [0.29, 0.717) is 19.3 Å². The van der Waals surface area contributed by atoms with Gasteiger partial charge in [0, 0.05) is 33.3 Å². The summed E-state index contributed by atoms with van der Waals surface area (Å²) in [5, 5.41) is 0. The van der Waals surface area contributed by atoms with E-state index in [2.05, 4.69) is 24.0 Å². The Morgan fingerprint density at radius 1 is 1.28 bits per heavy atom. The van der Waals surface area contributed by atoms with Gasteiger partial charge in [-0.25, -0.2) is 0 Å². The van der Waals surface area contributed by atoms with Crippen molar-refractivity contribution < 1.29 is 23.7 Å². The third-order valence-corrected chi connectivity index (χ3v) is 7.32. The van der Waals surface area contributed by atoms with Crippen molar-refractivity contribution in [3.63, 3.8) is 0 Å². The van der Waals surface area contributed by atoms with Crippen molar-refractivity contribution in [2.75, 3.05) is 59.7 Å². The van der Waals surface area contributed by atoms with Gasteiger partial charge in [-0.2, -0.15) is 0 Å². The summed E-state index contributed by atoms with van der Waals surface area (Å²) in [5.41, 5.74) is 2.28. The molecule has 1 aliphatic carbocycles. The summed E-state index contributed by atoms with van der Waals surface area (Å²) >= 11 is 0. The normalized spacial score (nSPS) is 29.1. The van der Waals surface area contributed by atoms with Crippen LogP contribution in [0.15, 0.2) is 23.3 Å². The summed E-state index contributed by atoms with van der Waals surface area (Å²) in [7, 11) is 1.73. The first-order chi connectivity index (χ1) is 15.4. The third-order valence-electron chi connectivity index (χ3n) is 7.32. The number of carbonyl (C=O) groups excluding carboxylic acids is 1. The van der Waals surface area contributed by atoms with Gasteiger partial charge in [-0.1, -0.05) is 17.7 Å². The molecular weight excluding hydrogens is 408 g/mol. The lowest BCUT2D eigenvalue weighted by atomic mass is 9.85. The second kappa shape index (κ2) is 10.3. The summed E-state index contributed by atoms with van der Waals surface area (Å²) in [6.45, 7) is 12.4. The molecule has 4 aliphatic rings. The minimum atomic E-state index is -0.187. The molecule has 0 aromatic rings. The minimum Gasteiger partial charge on any atom is -0.382 e. The largest absolute Gasteiger partial charge is 0.382 e. The number of hydrogen-bond donors (Lipinski definition) is 0. The predicted octanol–water partition coefficient (Wildman–Crippen LogP) is 2.41. The van der Waals surface area contributed by atoms with Crippen LogP contribution in [-0.4, -0.2) is 99.3 Å². The first-order valence-electron chi connectivity index (χ1n) is 12.1. The Labute approximate surface area is 192 Å². The molecule has 2 unspecified atom stereocenters. The Kier molecular flexibility index (Phi) is 7.73. The number of rotatable bonds is 7. The second-order valence-corrected chi connectivity index (χ2v) is 10.2. The number of likely N-dealkylation sites (tertiary alicyclic amines) is 1. The number of methoxy groups -OCH3 is 1. The van der Waals surface area contributed by atoms with Crippen molar-refractivity contribution in [3.8, 4) is 0 Å². The third kappa shape index (κ3) is 5.45. The van der Waals surface area contributed by atoms with E-state index in [1.165, 1.54) is 11.1 Å². The lowest BCUT2D eigenvalue weighted by Gasteiger charge is -2.53. The van der Waals surface area contributed by atoms with E-state index in [4.69, 9.17) is 18.9 Å². The van der Waals surface area contributed by atoms with Crippen LogP contribution >= 0.6 is 0 Å². The summed E-state index contributed by atoms with van der Waals surface area (Å²) in [5.74, 6) is 0.178. The maximum absolute atomic E-state index is 13.3. The molecule has 1 amide bonds. The molecule has 3 aliphatic heterocycles. The highest BCUT2D eigenvalue weighted by Gasteiger charge is 2.46. The Bertz CT molecular complexity index is 722. The molecule has 3 heterocycles. The molecule has 180 valence electrons. The highest BCUT2D eigenvalue weighted by atomic mass is 16.5. The van der Waals surface area contributed by atoms with Crippen LogP contribution in [0.4, 0.5) is 0 Å². The SMILES string of the molecule is COCC1CN(C2COC2)CC2(CCN(C(=O)C3C=CC(COC(C)C)=C(C)C3)CC2)O1. The van der Waals surface area contributed by atoms with Gasteiger partial charge in [-0.05, 0) is 45.6 Å². The van der Waals surface area contributed by atoms with Crippen LogP contribution in [0.5, 0.6) is 0 Å². The fourth-order valence-corrected chi connectivity index (χ4v) is 5.26. The van der Waals surface area contributed by atoms with Crippen LogP contribution in [-0.2, 0) is 23.7 Å². The molecule has 2 atom stereocenters. The maximum Gasteiger partial charge on any atom is 0.229 e. The van der Waals surface area contributed by atoms with E-state index in [1.54, 1.807) is 7.11 Å². The monoisotopic (exact) mass is 448 g/mol. The Hall–Kier alpha value is -1.25. The smallest absolute Gasteiger partial charge is 0.229 e.